The summed E-state index contributed by atoms with van der Waals surface area (Å²) in [5.41, 5.74) is 0.497. The van der Waals surface area contributed by atoms with Crippen molar-refractivity contribution < 1.29 is 19.1 Å². The molecule has 1 aromatic heterocycles. The zero-order valence-corrected chi connectivity index (χ0v) is 14.2. The van der Waals surface area contributed by atoms with E-state index in [9.17, 15) is 14.4 Å². The molecule has 0 atom stereocenters. The number of hydrogen-bond acceptors (Lipinski definition) is 5. The number of ether oxygens (including phenoxy) is 1. The molecule has 1 aliphatic carbocycles. The van der Waals surface area contributed by atoms with Gasteiger partial charge in [0.05, 0.1) is 17.0 Å². The van der Waals surface area contributed by atoms with Crippen molar-refractivity contribution in [1.29, 1.82) is 0 Å². The Morgan fingerprint density at radius 3 is 2.55 bits per heavy atom. The van der Waals surface area contributed by atoms with Crippen molar-refractivity contribution in [2.24, 2.45) is 5.41 Å². The van der Waals surface area contributed by atoms with Crippen LogP contribution in [0.4, 0.5) is 5.00 Å². The predicted molar refractivity (Wildman–Crippen MR) is 85.6 cm³/mol. The van der Waals surface area contributed by atoms with Gasteiger partial charge in [-0.2, -0.15) is 0 Å². The standard InChI is InChI=1S/C16H21NO4S/c1-5-21-14(19)11-9-7-6-8-10(18)12(9)22-13(11)17-15(20)16(2,3)4/h5-8H2,1-4H3,(H,17,20). The van der Waals surface area contributed by atoms with E-state index in [2.05, 4.69) is 5.32 Å². The van der Waals surface area contributed by atoms with Crippen molar-refractivity contribution in [3.05, 3.63) is 16.0 Å². The number of amides is 1. The van der Waals surface area contributed by atoms with Crippen LogP contribution in [0.15, 0.2) is 0 Å². The van der Waals surface area contributed by atoms with E-state index < -0.39 is 11.4 Å². The maximum atomic E-state index is 12.3. The van der Waals surface area contributed by atoms with Crippen LogP contribution in [0.2, 0.25) is 0 Å². The number of ketones is 1. The molecular formula is C16H21NO4S. The molecule has 0 saturated carbocycles. The molecule has 1 heterocycles. The Labute approximate surface area is 134 Å². The van der Waals surface area contributed by atoms with Gasteiger partial charge in [-0.1, -0.05) is 20.8 Å². The van der Waals surface area contributed by atoms with E-state index in [0.717, 1.165) is 12.0 Å². The van der Waals surface area contributed by atoms with Gasteiger partial charge >= 0.3 is 5.97 Å². The molecule has 120 valence electrons. The van der Waals surface area contributed by atoms with Gasteiger partial charge < -0.3 is 10.1 Å². The van der Waals surface area contributed by atoms with Crippen molar-refractivity contribution in [2.75, 3.05) is 11.9 Å². The van der Waals surface area contributed by atoms with Gasteiger partial charge in [0.15, 0.2) is 5.78 Å². The molecule has 1 aromatic rings. The highest BCUT2D eigenvalue weighted by Crippen LogP contribution is 2.39. The molecule has 0 radical (unpaired) electrons. The van der Waals surface area contributed by atoms with Crippen LogP contribution in [0, 0.1) is 5.41 Å². The predicted octanol–water partition coefficient (Wildman–Crippen LogP) is 3.43. The third-order valence-electron chi connectivity index (χ3n) is 3.48. The molecule has 0 unspecified atom stereocenters. The molecule has 22 heavy (non-hydrogen) atoms. The first-order valence-corrected chi connectivity index (χ1v) is 8.24. The highest BCUT2D eigenvalue weighted by molar-refractivity contribution is 7.18. The number of rotatable bonds is 3. The van der Waals surface area contributed by atoms with E-state index in [1.807, 2.05) is 0 Å². The number of anilines is 1. The van der Waals surface area contributed by atoms with Gasteiger partial charge in [0, 0.05) is 11.8 Å². The molecule has 0 saturated heterocycles. The van der Waals surface area contributed by atoms with E-state index in [4.69, 9.17) is 4.74 Å². The van der Waals surface area contributed by atoms with Crippen LogP contribution in [0.5, 0.6) is 0 Å². The van der Waals surface area contributed by atoms with E-state index in [1.54, 1.807) is 27.7 Å². The lowest BCUT2D eigenvalue weighted by Gasteiger charge is -2.17. The molecule has 5 nitrogen and oxygen atoms in total. The van der Waals surface area contributed by atoms with Crippen LogP contribution in [0.3, 0.4) is 0 Å². The molecule has 0 spiro atoms. The van der Waals surface area contributed by atoms with Gasteiger partial charge in [0.2, 0.25) is 5.91 Å². The SMILES string of the molecule is CCOC(=O)c1c(NC(=O)C(C)(C)C)sc2c1CCCC2=O. The van der Waals surface area contributed by atoms with Crippen LogP contribution >= 0.6 is 11.3 Å². The minimum atomic E-state index is -0.583. The fourth-order valence-electron chi connectivity index (χ4n) is 2.27. The Hall–Kier alpha value is -1.69. The van der Waals surface area contributed by atoms with Crippen LogP contribution in [-0.4, -0.2) is 24.3 Å². The first-order chi connectivity index (χ1) is 10.3. The zero-order valence-electron chi connectivity index (χ0n) is 13.4. The summed E-state index contributed by atoms with van der Waals surface area (Å²) >= 11 is 1.19. The largest absolute Gasteiger partial charge is 0.462 e. The Morgan fingerprint density at radius 2 is 1.95 bits per heavy atom. The summed E-state index contributed by atoms with van der Waals surface area (Å²) in [6, 6.07) is 0. The first-order valence-electron chi connectivity index (χ1n) is 7.43. The van der Waals surface area contributed by atoms with E-state index in [1.165, 1.54) is 11.3 Å². The lowest BCUT2D eigenvalue weighted by Crippen LogP contribution is -2.28. The van der Waals surface area contributed by atoms with Crippen molar-refractivity contribution >= 4 is 34.0 Å². The quantitative estimate of drug-likeness (QED) is 0.865. The number of hydrogen-bond donors (Lipinski definition) is 1. The lowest BCUT2D eigenvalue weighted by atomic mass is 9.94. The number of carbonyl (C=O) groups excluding carboxylic acids is 3. The highest BCUT2D eigenvalue weighted by Gasteiger charge is 2.32. The number of carbonyl (C=O) groups is 3. The molecular weight excluding hydrogens is 302 g/mol. The summed E-state index contributed by atoms with van der Waals surface area (Å²) in [6.45, 7) is 7.38. The molecule has 6 heteroatoms. The van der Waals surface area contributed by atoms with Gasteiger partial charge in [-0.3, -0.25) is 9.59 Å². The summed E-state index contributed by atoms with van der Waals surface area (Å²) < 4.78 is 5.10. The summed E-state index contributed by atoms with van der Waals surface area (Å²) in [4.78, 5) is 37.1. The summed E-state index contributed by atoms with van der Waals surface area (Å²) in [7, 11) is 0. The zero-order chi connectivity index (χ0) is 16.5. The van der Waals surface area contributed by atoms with Gasteiger partial charge in [-0.05, 0) is 25.3 Å². The molecule has 1 aliphatic rings. The first kappa shape index (κ1) is 16.7. The van der Waals surface area contributed by atoms with Gasteiger partial charge in [0.1, 0.15) is 5.00 Å². The van der Waals surface area contributed by atoms with Crippen LogP contribution in [-0.2, 0) is 16.0 Å². The normalized spacial score (nSPS) is 14.5. The Kier molecular flexibility index (Phi) is 4.70. The lowest BCUT2D eigenvalue weighted by molar-refractivity contribution is -0.123. The van der Waals surface area contributed by atoms with Gasteiger partial charge in [0.25, 0.3) is 0 Å². The molecule has 0 aliphatic heterocycles. The number of Topliss-reactive ketones (excluding diaryl/α,β-unsaturated/α-hetero) is 1. The van der Waals surface area contributed by atoms with E-state index in [0.29, 0.717) is 28.3 Å². The fraction of sp³-hybridized carbons (Fsp3) is 0.562. The molecule has 0 fully saturated rings. The van der Waals surface area contributed by atoms with Crippen molar-refractivity contribution in [3.63, 3.8) is 0 Å². The van der Waals surface area contributed by atoms with Crippen LogP contribution < -0.4 is 5.32 Å². The van der Waals surface area contributed by atoms with Crippen molar-refractivity contribution in [2.45, 2.75) is 47.0 Å². The maximum absolute atomic E-state index is 12.3. The van der Waals surface area contributed by atoms with E-state index in [-0.39, 0.29) is 18.3 Å². The average molecular weight is 323 g/mol. The summed E-state index contributed by atoms with van der Waals surface area (Å²) in [5.74, 6) is -0.629. The van der Waals surface area contributed by atoms with Crippen molar-refractivity contribution in [3.8, 4) is 0 Å². The number of esters is 1. The maximum Gasteiger partial charge on any atom is 0.341 e. The average Bonchev–Trinajstić information content (AvgIpc) is 2.77. The van der Waals surface area contributed by atoms with Crippen LogP contribution in [0.1, 0.15) is 66.1 Å². The molecule has 1 N–H and O–H groups in total. The second kappa shape index (κ2) is 6.20. The summed E-state index contributed by atoms with van der Waals surface area (Å²) in [6.07, 6.45) is 1.88. The molecule has 2 rings (SSSR count). The smallest absolute Gasteiger partial charge is 0.341 e. The number of fused-ring (bicyclic) bond motifs is 1. The Balaban J connectivity index is 2.46. The van der Waals surface area contributed by atoms with E-state index >= 15 is 0 Å². The van der Waals surface area contributed by atoms with Gasteiger partial charge in [-0.25, -0.2) is 4.79 Å². The third-order valence-corrected chi connectivity index (χ3v) is 4.67. The number of nitrogens with one attached hydrogen (secondary N) is 1. The Bertz CT molecular complexity index is 625. The second-order valence-electron chi connectivity index (χ2n) is 6.32. The molecule has 1 amide bonds. The monoisotopic (exact) mass is 323 g/mol. The highest BCUT2D eigenvalue weighted by atomic mass is 32.1. The summed E-state index contributed by atoms with van der Waals surface area (Å²) in [5, 5.41) is 3.22. The number of thiophene rings is 1. The molecule has 0 bridgehead atoms. The minimum Gasteiger partial charge on any atom is -0.462 e. The van der Waals surface area contributed by atoms with Crippen molar-refractivity contribution in [1.82, 2.24) is 0 Å². The molecule has 0 aromatic carbocycles. The Morgan fingerprint density at radius 1 is 1.27 bits per heavy atom. The second-order valence-corrected chi connectivity index (χ2v) is 7.34. The fourth-order valence-corrected chi connectivity index (χ4v) is 3.47. The third kappa shape index (κ3) is 3.21. The topological polar surface area (TPSA) is 72.5 Å². The van der Waals surface area contributed by atoms with Gasteiger partial charge in [-0.15, -0.1) is 11.3 Å². The minimum absolute atomic E-state index is 0.0352. The van der Waals surface area contributed by atoms with Crippen LogP contribution in [0.25, 0.3) is 0 Å².